The van der Waals surface area contributed by atoms with Gasteiger partial charge in [-0.05, 0) is 24.3 Å². The molecule has 0 spiro atoms. The van der Waals surface area contributed by atoms with Gasteiger partial charge >= 0.3 is 0 Å². The van der Waals surface area contributed by atoms with E-state index in [1.165, 1.54) is 0 Å². The number of rotatable bonds is 3. The number of benzene rings is 1. The van der Waals surface area contributed by atoms with Crippen LogP contribution in [0.25, 0.3) is 22.6 Å². The Kier molecular flexibility index (Phi) is 2.97. The number of para-hydroxylation sites is 1. The minimum atomic E-state index is 0.200. The first-order valence-corrected chi connectivity index (χ1v) is 7.06. The second-order valence-corrected chi connectivity index (χ2v) is 5.00. The molecule has 0 aliphatic rings. The first-order chi connectivity index (χ1) is 11.3. The Hall–Kier alpha value is -3.35. The summed E-state index contributed by atoms with van der Waals surface area (Å²) in [5, 5.41) is 8.66. The number of anilines is 1. The van der Waals surface area contributed by atoms with Crippen LogP contribution in [0, 0.1) is 0 Å². The molecular formula is C16H14N6O. The quantitative estimate of drug-likeness (QED) is 0.627. The van der Waals surface area contributed by atoms with Gasteiger partial charge in [-0.25, -0.2) is 9.20 Å². The van der Waals surface area contributed by atoms with Crippen LogP contribution in [0.2, 0.25) is 0 Å². The Labute approximate surface area is 131 Å². The van der Waals surface area contributed by atoms with Gasteiger partial charge in [0.05, 0.1) is 24.7 Å². The Bertz CT molecular complexity index is 973. The molecule has 7 nitrogen and oxygen atoms in total. The second-order valence-electron chi connectivity index (χ2n) is 5.00. The molecule has 0 aliphatic heterocycles. The summed E-state index contributed by atoms with van der Waals surface area (Å²) in [5.74, 6) is 0.819. The summed E-state index contributed by atoms with van der Waals surface area (Å²) < 4.78 is 8.78. The van der Waals surface area contributed by atoms with E-state index >= 15 is 0 Å². The Morgan fingerprint density at radius 2 is 1.91 bits per heavy atom. The minimum Gasteiger partial charge on any atom is -0.493 e. The first-order valence-electron chi connectivity index (χ1n) is 7.06. The molecule has 0 radical (unpaired) electrons. The average Bonchev–Trinajstić information content (AvgIpc) is 3.21. The van der Waals surface area contributed by atoms with Gasteiger partial charge in [-0.3, -0.25) is 0 Å². The predicted molar refractivity (Wildman–Crippen MR) is 86.5 cm³/mol. The third kappa shape index (κ3) is 2.18. The van der Waals surface area contributed by atoms with Crippen LogP contribution in [-0.2, 0) is 0 Å². The van der Waals surface area contributed by atoms with Crippen LogP contribution in [0.1, 0.15) is 0 Å². The van der Waals surface area contributed by atoms with Gasteiger partial charge in [-0.2, -0.15) is 10.1 Å². The van der Waals surface area contributed by atoms with Crippen LogP contribution in [-0.4, -0.2) is 31.5 Å². The van der Waals surface area contributed by atoms with Crippen LogP contribution in [0.5, 0.6) is 5.75 Å². The number of aromatic nitrogens is 5. The topological polar surface area (TPSA) is 83.3 Å². The molecule has 3 aromatic heterocycles. The number of nitrogens with zero attached hydrogens (tertiary/aromatic N) is 5. The number of nitrogens with two attached hydrogens (primary N) is 1. The Balaban J connectivity index is 1.86. The van der Waals surface area contributed by atoms with E-state index in [-0.39, 0.29) is 5.95 Å². The summed E-state index contributed by atoms with van der Waals surface area (Å²) in [6.07, 6.45) is 3.72. The normalized spacial score (nSPS) is 11.0. The number of ether oxygens (including phenoxy) is 1. The summed E-state index contributed by atoms with van der Waals surface area (Å²) in [5.41, 5.74) is 9.05. The van der Waals surface area contributed by atoms with E-state index in [9.17, 15) is 0 Å². The number of nitrogen functional groups attached to an aromatic ring is 1. The third-order valence-electron chi connectivity index (χ3n) is 3.58. The first kappa shape index (κ1) is 13.3. The van der Waals surface area contributed by atoms with Crippen molar-refractivity contribution in [2.75, 3.05) is 12.8 Å². The van der Waals surface area contributed by atoms with Gasteiger partial charge in [0.15, 0.2) is 11.4 Å². The molecule has 7 heteroatoms. The average molecular weight is 306 g/mol. The predicted octanol–water partition coefficient (Wildman–Crippen LogP) is 2.17. The second kappa shape index (κ2) is 5.13. The van der Waals surface area contributed by atoms with Crippen molar-refractivity contribution in [1.82, 2.24) is 24.4 Å². The lowest BCUT2D eigenvalue weighted by Crippen LogP contribution is -1.97. The summed E-state index contributed by atoms with van der Waals surface area (Å²) in [6, 6.07) is 13.7. The smallest absolute Gasteiger partial charge is 0.240 e. The van der Waals surface area contributed by atoms with Crippen molar-refractivity contribution in [3.63, 3.8) is 0 Å². The molecule has 1 aromatic carbocycles. The standard InChI is InChI=1S/C16H14N6O/c1-23-14-8-7-13(22-15(14)19-16(17)20-22)11-9-18-21(10-11)12-5-3-2-4-6-12/h2-10H,1H3,(H2,17,20). The Morgan fingerprint density at radius 3 is 2.70 bits per heavy atom. The molecule has 2 N–H and O–H groups in total. The number of pyridine rings is 1. The van der Waals surface area contributed by atoms with Crippen LogP contribution in [0.3, 0.4) is 0 Å². The molecule has 4 rings (SSSR count). The van der Waals surface area contributed by atoms with Crippen molar-refractivity contribution < 1.29 is 4.74 Å². The van der Waals surface area contributed by atoms with Gasteiger partial charge in [0.1, 0.15) is 0 Å². The molecule has 0 amide bonds. The van der Waals surface area contributed by atoms with Crippen molar-refractivity contribution in [1.29, 1.82) is 0 Å². The number of methoxy groups -OCH3 is 1. The van der Waals surface area contributed by atoms with Gasteiger partial charge in [0.25, 0.3) is 0 Å². The van der Waals surface area contributed by atoms with Crippen LogP contribution in [0.4, 0.5) is 5.95 Å². The van der Waals surface area contributed by atoms with E-state index in [0.29, 0.717) is 11.4 Å². The summed E-state index contributed by atoms with van der Waals surface area (Å²) in [6.45, 7) is 0. The monoisotopic (exact) mass is 306 g/mol. The van der Waals surface area contributed by atoms with E-state index in [1.54, 1.807) is 17.8 Å². The molecule has 0 fully saturated rings. The van der Waals surface area contributed by atoms with Gasteiger partial charge in [-0.1, -0.05) is 18.2 Å². The molecule has 0 atom stereocenters. The molecule has 0 saturated heterocycles. The lowest BCUT2D eigenvalue weighted by molar-refractivity contribution is 0.416. The maximum absolute atomic E-state index is 5.74. The maximum Gasteiger partial charge on any atom is 0.240 e. The lowest BCUT2D eigenvalue weighted by Gasteiger charge is -2.05. The van der Waals surface area contributed by atoms with Gasteiger partial charge in [-0.15, -0.1) is 5.10 Å². The fourth-order valence-electron chi connectivity index (χ4n) is 2.51. The van der Waals surface area contributed by atoms with Crippen molar-refractivity contribution in [2.45, 2.75) is 0 Å². The molecule has 0 unspecified atom stereocenters. The van der Waals surface area contributed by atoms with Crippen LogP contribution in [0.15, 0.2) is 54.9 Å². The van der Waals surface area contributed by atoms with Gasteiger partial charge < -0.3 is 10.5 Å². The Morgan fingerprint density at radius 1 is 1.09 bits per heavy atom. The SMILES string of the molecule is COc1ccc(-c2cnn(-c3ccccc3)c2)n2nc(N)nc12. The zero-order valence-electron chi connectivity index (χ0n) is 12.4. The van der Waals surface area contributed by atoms with Crippen molar-refractivity contribution >= 4 is 11.6 Å². The molecule has 0 bridgehead atoms. The molecule has 0 saturated carbocycles. The van der Waals surface area contributed by atoms with E-state index in [4.69, 9.17) is 10.5 Å². The summed E-state index contributed by atoms with van der Waals surface area (Å²) in [4.78, 5) is 4.21. The number of hydrogen-bond donors (Lipinski definition) is 1. The summed E-state index contributed by atoms with van der Waals surface area (Å²) >= 11 is 0. The highest BCUT2D eigenvalue weighted by atomic mass is 16.5. The lowest BCUT2D eigenvalue weighted by atomic mass is 10.2. The molecular weight excluding hydrogens is 292 g/mol. The van der Waals surface area contributed by atoms with Crippen molar-refractivity contribution in [2.24, 2.45) is 0 Å². The molecule has 23 heavy (non-hydrogen) atoms. The van der Waals surface area contributed by atoms with Crippen molar-refractivity contribution in [3.8, 4) is 22.7 Å². The number of fused-ring (bicyclic) bond motifs is 1. The van der Waals surface area contributed by atoms with Crippen molar-refractivity contribution in [3.05, 3.63) is 54.9 Å². The van der Waals surface area contributed by atoms with Gasteiger partial charge in [0.2, 0.25) is 5.95 Å². The fourth-order valence-corrected chi connectivity index (χ4v) is 2.51. The molecule has 0 aliphatic carbocycles. The summed E-state index contributed by atoms with van der Waals surface area (Å²) in [7, 11) is 1.59. The molecule has 4 aromatic rings. The van der Waals surface area contributed by atoms with Gasteiger partial charge in [0, 0.05) is 11.8 Å². The fraction of sp³-hybridized carbons (Fsp3) is 0.0625. The minimum absolute atomic E-state index is 0.200. The highest BCUT2D eigenvalue weighted by molar-refractivity contribution is 5.67. The maximum atomic E-state index is 5.74. The van der Waals surface area contributed by atoms with Crippen LogP contribution >= 0.6 is 0 Å². The molecule has 3 heterocycles. The highest BCUT2D eigenvalue weighted by Crippen LogP contribution is 2.26. The number of hydrogen-bond acceptors (Lipinski definition) is 5. The molecule has 114 valence electrons. The van der Waals surface area contributed by atoms with E-state index in [1.807, 2.05) is 53.3 Å². The van der Waals surface area contributed by atoms with Crippen LogP contribution < -0.4 is 10.5 Å². The highest BCUT2D eigenvalue weighted by Gasteiger charge is 2.13. The largest absolute Gasteiger partial charge is 0.493 e. The zero-order chi connectivity index (χ0) is 15.8. The third-order valence-corrected chi connectivity index (χ3v) is 3.58. The zero-order valence-corrected chi connectivity index (χ0v) is 12.4. The van der Waals surface area contributed by atoms with E-state index in [0.717, 1.165) is 16.9 Å². The van der Waals surface area contributed by atoms with E-state index < -0.39 is 0 Å². The van der Waals surface area contributed by atoms with E-state index in [2.05, 4.69) is 15.2 Å².